The van der Waals surface area contributed by atoms with Crippen LogP contribution in [0.5, 0.6) is 5.75 Å². The number of aliphatic hydroxyl groups is 2. The second kappa shape index (κ2) is 39.7. The van der Waals surface area contributed by atoms with Gasteiger partial charge in [-0.3, -0.25) is 77.2 Å². The van der Waals surface area contributed by atoms with Crippen molar-refractivity contribution < 1.29 is 92.3 Å². The van der Waals surface area contributed by atoms with Crippen LogP contribution in [-0.2, 0) is 78.3 Å². The van der Waals surface area contributed by atoms with E-state index in [9.17, 15) is 92.3 Å². The van der Waals surface area contributed by atoms with Crippen LogP contribution in [0.3, 0.4) is 0 Å². The highest BCUT2D eigenvalue weighted by Crippen LogP contribution is 2.25. The number of carbonyl (C=O) groups is 15. The molecule has 0 radical (unpaired) electrons. The molecule has 0 aromatic heterocycles. The van der Waals surface area contributed by atoms with Gasteiger partial charge in [-0.15, -0.1) is 0 Å². The Balaban J connectivity index is 1.86. The van der Waals surface area contributed by atoms with E-state index in [1.807, 2.05) is 0 Å². The molecule has 94 heavy (non-hydrogen) atoms. The van der Waals surface area contributed by atoms with Crippen molar-refractivity contribution in [3.63, 3.8) is 0 Å². The summed E-state index contributed by atoms with van der Waals surface area (Å²) in [6.07, 6.45) is -1.51. The van der Waals surface area contributed by atoms with E-state index < -0.39 is 217 Å². The van der Waals surface area contributed by atoms with Crippen LogP contribution in [-0.4, -0.2) is 243 Å². The van der Waals surface area contributed by atoms with Crippen LogP contribution in [0.4, 0.5) is 0 Å². The summed E-state index contributed by atoms with van der Waals surface area (Å²) in [4.78, 5) is 206. The zero-order valence-electron chi connectivity index (χ0n) is 52.3. The predicted octanol–water partition coefficient (Wildman–Crippen LogP) is -6.72. The maximum Gasteiger partial charge on any atom is 0.303 e. The van der Waals surface area contributed by atoms with Crippen molar-refractivity contribution in [3.05, 3.63) is 42.0 Å². The third-order valence-corrected chi connectivity index (χ3v) is 19.2. The van der Waals surface area contributed by atoms with Crippen molar-refractivity contribution in [2.24, 2.45) is 5.92 Å². The van der Waals surface area contributed by atoms with E-state index in [-0.39, 0.29) is 36.6 Å². The number of amides is 14. The van der Waals surface area contributed by atoms with Gasteiger partial charge >= 0.3 is 5.97 Å². The van der Waals surface area contributed by atoms with Gasteiger partial charge in [-0.1, -0.05) is 87.7 Å². The summed E-state index contributed by atoms with van der Waals surface area (Å²) in [6.45, 7) is 6.19. The molecule has 4 heterocycles. The predicted molar refractivity (Wildman–Crippen MR) is 345 cm³/mol. The fourth-order valence-electron chi connectivity index (χ4n) is 8.73. The molecule has 520 valence electrons. The highest BCUT2D eigenvalue weighted by Gasteiger charge is 2.38. The molecule has 2 bridgehead atoms. The van der Waals surface area contributed by atoms with Crippen LogP contribution in [0, 0.1) is 5.92 Å². The average Bonchev–Trinajstić information content (AvgIpc) is 1.11. The highest BCUT2D eigenvalue weighted by atomic mass is 33.1. The first-order valence-electron chi connectivity index (χ1n) is 29.8. The molecular formula is C56H83N15O19S4. The third-order valence-electron chi connectivity index (χ3n) is 14.4. The summed E-state index contributed by atoms with van der Waals surface area (Å²) in [5, 5.41) is 78.4. The van der Waals surface area contributed by atoms with E-state index in [1.165, 1.54) is 38.1 Å². The lowest BCUT2D eigenvalue weighted by molar-refractivity contribution is -0.139. The first kappa shape index (κ1) is 78.5. The normalized spacial score (nSPS) is 26.5. The molecule has 3 saturated heterocycles. The van der Waals surface area contributed by atoms with E-state index in [0.717, 1.165) is 57.0 Å². The van der Waals surface area contributed by atoms with Gasteiger partial charge in [-0.05, 0) is 57.7 Å². The lowest BCUT2D eigenvalue weighted by Gasteiger charge is -2.29. The van der Waals surface area contributed by atoms with Gasteiger partial charge in [0.15, 0.2) is 0 Å². The summed E-state index contributed by atoms with van der Waals surface area (Å²) in [5.41, 5.74) is 0.421. The number of rotatable bonds is 15. The molecule has 5 rings (SSSR count). The lowest BCUT2D eigenvalue weighted by Crippen LogP contribution is -2.62. The Morgan fingerprint density at radius 1 is 0.628 bits per heavy atom. The van der Waals surface area contributed by atoms with Crippen LogP contribution >= 0.6 is 43.2 Å². The van der Waals surface area contributed by atoms with Gasteiger partial charge in [0.1, 0.15) is 72.2 Å². The molecule has 19 N–H and O–H groups in total. The van der Waals surface area contributed by atoms with Crippen LogP contribution in [0.15, 0.2) is 36.4 Å². The maximum atomic E-state index is 14.6. The van der Waals surface area contributed by atoms with Crippen molar-refractivity contribution in [1.82, 2.24) is 79.8 Å². The van der Waals surface area contributed by atoms with Gasteiger partial charge < -0.3 is 94.9 Å². The molecule has 14 atom stereocenters. The molecule has 38 heteroatoms. The van der Waals surface area contributed by atoms with E-state index in [1.54, 1.807) is 26.0 Å². The zero-order valence-corrected chi connectivity index (χ0v) is 55.6. The molecule has 0 unspecified atom stereocenters. The van der Waals surface area contributed by atoms with Gasteiger partial charge in [0, 0.05) is 48.9 Å². The quantitative estimate of drug-likeness (QED) is 0.0441. The molecule has 3 fully saturated rings. The Bertz CT molecular complexity index is 2930. The first-order valence-corrected chi connectivity index (χ1v) is 34.8. The topological polar surface area (TPSA) is 517 Å². The zero-order chi connectivity index (χ0) is 69.8. The number of carboxylic acid groups (broad SMARTS) is 1. The summed E-state index contributed by atoms with van der Waals surface area (Å²) < 4.78 is 0. The number of carboxylic acids is 1. The van der Waals surface area contributed by atoms with Gasteiger partial charge in [-0.25, -0.2) is 0 Å². The highest BCUT2D eigenvalue weighted by molar-refractivity contribution is 8.77. The number of hydrogen-bond acceptors (Lipinski definition) is 23. The molecule has 0 saturated carbocycles. The number of phenols is 1. The SMILES string of the molecule is CC[C@H](C)[C@@H]1NC(=O)[C@H](CCC(=O)O)NC(=O)[C@@H](NC(=O)[C@@H](NC(=O)CNC(=O)[C@@H]2C=CCN2)[C@@H](C)O)CSSC[C@@H]2NC(=O)[C@H](C)NC(=O)CNC(=O)[C@H](Cc3ccc(O)cc3)NC(=O)[C@H](C)NC(=O)[C@H](CSSCCNC(=O)CNC(=O)[C@H]([C@@H](C)O)NC2=O)NC1=O. The number of nitrogens with one attached hydrogen (secondary N) is 15. The molecule has 1 aromatic rings. The Morgan fingerprint density at radius 3 is 1.84 bits per heavy atom. The van der Waals surface area contributed by atoms with Gasteiger partial charge in [-0.2, -0.15) is 0 Å². The van der Waals surface area contributed by atoms with Gasteiger partial charge in [0.05, 0.1) is 31.8 Å². The minimum Gasteiger partial charge on any atom is -0.508 e. The molecule has 0 aliphatic carbocycles. The fourth-order valence-corrected chi connectivity index (χ4v) is 13.1. The first-order chi connectivity index (χ1) is 44.5. The Morgan fingerprint density at radius 2 is 1.21 bits per heavy atom. The number of benzene rings is 1. The number of aromatic hydroxyl groups is 1. The van der Waals surface area contributed by atoms with Crippen LogP contribution in [0.1, 0.15) is 66.4 Å². The second-order valence-electron chi connectivity index (χ2n) is 22.0. The molecule has 0 spiro atoms. The van der Waals surface area contributed by atoms with Crippen LogP contribution in [0.2, 0.25) is 0 Å². The van der Waals surface area contributed by atoms with Crippen LogP contribution < -0.4 is 79.8 Å². The summed E-state index contributed by atoms with van der Waals surface area (Å²) in [6, 6.07) is -11.6. The van der Waals surface area contributed by atoms with Crippen molar-refractivity contribution >= 4 is 132 Å². The van der Waals surface area contributed by atoms with E-state index in [2.05, 4.69) is 79.8 Å². The average molecular weight is 1400 g/mol. The van der Waals surface area contributed by atoms with E-state index in [4.69, 9.17) is 0 Å². The Labute approximate surface area is 556 Å². The lowest BCUT2D eigenvalue weighted by atomic mass is 9.97. The van der Waals surface area contributed by atoms with Crippen molar-refractivity contribution in [3.8, 4) is 5.75 Å². The van der Waals surface area contributed by atoms with Gasteiger partial charge in [0.2, 0.25) is 82.7 Å². The number of hydrogen-bond donors (Lipinski definition) is 19. The number of phenolic OH excluding ortho intramolecular Hbond substituents is 1. The second-order valence-corrected chi connectivity index (χ2v) is 27.2. The summed E-state index contributed by atoms with van der Waals surface area (Å²) in [5.74, 6) is -17.2. The Hall–Kier alpha value is -7.91. The van der Waals surface area contributed by atoms with Gasteiger partial charge in [0.25, 0.3) is 0 Å². The number of aliphatic carboxylic acids is 1. The summed E-state index contributed by atoms with van der Waals surface area (Å²) >= 11 is 0. The minimum atomic E-state index is -1.83. The maximum absolute atomic E-state index is 14.6. The summed E-state index contributed by atoms with van der Waals surface area (Å²) in [7, 11) is 3.61. The number of aliphatic hydroxyl groups excluding tert-OH is 2. The molecule has 14 amide bonds. The monoisotopic (exact) mass is 1400 g/mol. The number of carbonyl (C=O) groups excluding carboxylic acids is 14. The molecule has 34 nitrogen and oxygen atoms in total. The molecular weight excluding hydrogens is 1310 g/mol. The van der Waals surface area contributed by atoms with Crippen LogP contribution in [0.25, 0.3) is 0 Å². The standard InChI is InChI=1S/C56H83N15O19S4/c1-7-26(2)43-55(89)67-36-23-92-91-18-17-58-39(75)20-61-54(88)44(29(5)72)71-53(87)38(66-46(80)27(3)62-40(76)21-60-49(83)35(19-31-10-12-32(74)13-11-31)65-47(81)28(4)63-51(36)85)25-94-93-24-37(52(86)64-34(50(84)70-43)14-15-42(78)79)68-56(90)45(30(6)73)69-41(77)22-59-48(82)33-9-8-16-57-33/h8-13,26-30,33-38,43-45,57,72-74H,7,14-25H2,1-6H3,(H,58,75)(H,59,82)(H,60,83)(H,61,88)(H,62,76)(H,63,85)(H,64,86)(H,65,81)(H,66,80)(H,67,89)(H,68,90)(H,69,77)(H,70,84)(H,71,87)(H,78,79)/t26-,27-,28-,29+,30+,33-,34-,35-,36-,37-,38-,43-,44-,45-/m0/s1. The Kier molecular flexibility index (Phi) is 33.2. The van der Waals surface area contributed by atoms with Crippen molar-refractivity contribution in [2.45, 2.75) is 146 Å². The smallest absolute Gasteiger partial charge is 0.303 e. The van der Waals surface area contributed by atoms with E-state index in [0.29, 0.717) is 12.1 Å². The van der Waals surface area contributed by atoms with Crippen molar-refractivity contribution in [2.75, 3.05) is 55.7 Å². The molecule has 4 aliphatic heterocycles. The van der Waals surface area contributed by atoms with Crippen molar-refractivity contribution in [1.29, 1.82) is 0 Å². The molecule has 1 aromatic carbocycles. The minimum absolute atomic E-state index is 0.0211. The largest absolute Gasteiger partial charge is 0.508 e. The number of fused-ring (bicyclic) bond motifs is 37. The fraction of sp³-hybridized carbons (Fsp3) is 0.589. The third kappa shape index (κ3) is 26.8. The van der Waals surface area contributed by atoms with E-state index >= 15 is 0 Å². The molecule has 4 aliphatic rings.